The van der Waals surface area contributed by atoms with Gasteiger partial charge in [0, 0.05) is 11.8 Å². The maximum Gasteiger partial charge on any atom is 0.338 e. The first-order valence-electron chi connectivity index (χ1n) is 6.83. The number of esters is 1. The van der Waals surface area contributed by atoms with E-state index >= 15 is 0 Å². The Morgan fingerprint density at radius 1 is 1.00 bits per heavy atom. The third kappa shape index (κ3) is 2.68. The lowest BCUT2D eigenvalue weighted by Gasteiger charge is -1.98. The quantitative estimate of drug-likeness (QED) is 0.509. The van der Waals surface area contributed by atoms with Crippen LogP contribution in [0.15, 0.2) is 60.8 Å². The summed E-state index contributed by atoms with van der Waals surface area (Å²) in [6.45, 7) is 0. The highest BCUT2D eigenvalue weighted by atomic mass is 16.5. The van der Waals surface area contributed by atoms with Gasteiger partial charge in [-0.2, -0.15) is 0 Å². The minimum absolute atomic E-state index is 0.359. The van der Waals surface area contributed by atoms with Gasteiger partial charge in [0.25, 0.3) is 0 Å². The molecule has 0 radical (unpaired) electrons. The summed E-state index contributed by atoms with van der Waals surface area (Å²) >= 11 is 0. The van der Waals surface area contributed by atoms with Crippen molar-refractivity contribution in [3.05, 3.63) is 77.6 Å². The van der Waals surface area contributed by atoms with Crippen LogP contribution in [0.25, 0.3) is 11.1 Å². The molecular formula is C19H13NO2. The lowest BCUT2D eigenvalue weighted by molar-refractivity contribution is 0.0602. The number of fused-ring (bicyclic) bond motifs is 1. The van der Waals surface area contributed by atoms with Gasteiger partial charge < -0.3 is 4.74 Å². The molecule has 1 heterocycles. The Labute approximate surface area is 128 Å². The fourth-order valence-corrected chi connectivity index (χ4v) is 2.27. The van der Waals surface area contributed by atoms with Gasteiger partial charge in [-0.25, -0.2) is 9.78 Å². The Kier molecular flexibility index (Phi) is 3.84. The summed E-state index contributed by atoms with van der Waals surface area (Å²) in [5.41, 5.74) is 3.77. The van der Waals surface area contributed by atoms with Crippen molar-refractivity contribution in [3.8, 4) is 23.0 Å². The third-order valence-corrected chi connectivity index (χ3v) is 3.30. The molecule has 0 aromatic carbocycles. The lowest BCUT2D eigenvalue weighted by Crippen LogP contribution is -1.99. The molecule has 0 fully saturated rings. The number of nitrogens with zero attached hydrogens (tertiary/aromatic N) is 1. The summed E-state index contributed by atoms with van der Waals surface area (Å²) in [5, 5.41) is 0. The Morgan fingerprint density at radius 2 is 1.77 bits per heavy atom. The Morgan fingerprint density at radius 3 is 2.50 bits per heavy atom. The highest BCUT2D eigenvalue weighted by Gasteiger charge is 2.19. The number of carbonyl (C=O) groups excluding carboxylic acids is 1. The standard InChI is InChI=1S/C19H13NO2/c1-22-19(21)18-13-14(10-11-15-7-5-6-12-20-15)16-8-3-2-4-9-17(16)18/h2-9,12-13H,1H3. The Balaban J connectivity index is 2.12. The van der Waals surface area contributed by atoms with E-state index in [2.05, 4.69) is 16.8 Å². The second-order valence-electron chi connectivity index (χ2n) is 4.67. The molecule has 0 unspecified atom stereocenters. The number of carbonyl (C=O) groups is 1. The van der Waals surface area contributed by atoms with Gasteiger partial charge in [0.15, 0.2) is 0 Å². The first kappa shape index (κ1) is 13.8. The van der Waals surface area contributed by atoms with E-state index in [1.165, 1.54) is 7.11 Å². The number of pyridine rings is 1. The van der Waals surface area contributed by atoms with Crippen LogP contribution in [-0.2, 0) is 4.74 Å². The molecule has 0 aliphatic heterocycles. The van der Waals surface area contributed by atoms with Crippen LogP contribution in [0.5, 0.6) is 0 Å². The molecule has 3 heteroatoms. The van der Waals surface area contributed by atoms with Gasteiger partial charge in [-0.1, -0.05) is 42.3 Å². The van der Waals surface area contributed by atoms with E-state index in [1.54, 1.807) is 12.3 Å². The largest absolute Gasteiger partial charge is 0.465 e. The zero-order valence-electron chi connectivity index (χ0n) is 12.0. The molecule has 3 nitrogen and oxygen atoms in total. The number of hydrogen-bond donors (Lipinski definition) is 0. The van der Waals surface area contributed by atoms with Crippen molar-refractivity contribution in [2.45, 2.75) is 0 Å². The number of ether oxygens (including phenoxy) is 1. The SMILES string of the molecule is COC(=O)c1cc(C#Cc2ccccn2)c2cccccc1-2. The highest BCUT2D eigenvalue weighted by molar-refractivity contribution is 6.00. The van der Waals surface area contributed by atoms with Gasteiger partial charge in [-0.3, -0.25) is 0 Å². The molecular weight excluding hydrogens is 274 g/mol. The van der Waals surface area contributed by atoms with Crippen molar-refractivity contribution in [2.75, 3.05) is 7.11 Å². The zero-order chi connectivity index (χ0) is 15.4. The molecule has 0 saturated heterocycles. The molecule has 0 atom stereocenters. The van der Waals surface area contributed by atoms with Crippen LogP contribution < -0.4 is 0 Å². The van der Waals surface area contributed by atoms with E-state index in [0.717, 1.165) is 16.7 Å². The fraction of sp³-hybridized carbons (Fsp3) is 0.0526. The summed E-state index contributed by atoms with van der Waals surface area (Å²) in [6, 6.07) is 16.9. The number of aromatic nitrogens is 1. The highest BCUT2D eigenvalue weighted by Crippen LogP contribution is 2.31. The van der Waals surface area contributed by atoms with Crippen molar-refractivity contribution < 1.29 is 9.53 Å². The van der Waals surface area contributed by atoms with Crippen LogP contribution >= 0.6 is 0 Å². The molecule has 1 aromatic heterocycles. The van der Waals surface area contributed by atoms with Gasteiger partial charge >= 0.3 is 5.97 Å². The fourth-order valence-electron chi connectivity index (χ4n) is 2.27. The summed E-state index contributed by atoms with van der Waals surface area (Å²) in [7, 11) is 1.38. The molecule has 2 aliphatic rings. The van der Waals surface area contributed by atoms with E-state index in [9.17, 15) is 4.79 Å². The Bertz CT molecular complexity index is 844. The van der Waals surface area contributed by atoms with E-state index in [1.807, 2.05) is 48.5 Å². The van der Waals surface area contributed by atoms with Crippen LogP contribution in [-0.4, -0.2) is 18.1 Å². The van der Waals surface area contributed by atoms with Crippen molar-refractivity contribution >= 4 is 5.97 Å². The topological polar surface area (TPSA) is 39.2 Å². The van der Waals surface area contributed by atoms with Crippen LogP contribution in [0, 0.1) is 11.8 Å². The van der Waals surface area contributed by atoms with Crippen LogP contribution in [0.3, 0.4) is 0 Å². The minimum Gasteiger partial charge on any atom is -0.465 e. The average molecular weight is 287 g/mol. The second-order valence-corrected chi connectivity index (χ2v) is 4.67. The van der Waals surface area contributed by atoms with Crippen molar-refractivity contribution in [3.63, 3.8) is 0 Å². The minimum atomic E-state index is -0.359. The zero-order valence-corrected chi connectivity index (χ0v) is 12.0. The van der Waals surface area contributed by atoms with Crippen molar-refractivity contribution in [1.82, 2.24) is 4.98 Å². The summed E-state index contributed by atoms with van der Waals surface area (Å²) in [6.07, 6.45) is 1.70. The van der Waals surface area contributed by atoms with Gasteiger partial charge in [0.05, 0.1) is 12.7 Å². The summed E-state index contributed by atoms with van der Waals surface area (Å²) in [5.74, 6) is 5.76. The van der Waals surface area contributed by atoms with Crippen molar-refractivity contribution in [2.24, 2.45) is 0 Å². The molecule has 0 amide bonds. The smallest absolute Gasteiger partial charge is 0.338 e. The van der Waals surface area contributed by atoms with E-state index < -0.39 is 0 Å². The second kappa shape index (κ2) is 6.11. The molecule has 0 spiro atoms. The van der Waals surface area contributed by atoms with E-state index in [0.29, 0.717) is 11.3 Å². The van der Waals surface area contributed by atoms with Crippen LogP contribution in [0.2, 0.25) is 0 Å². The molecule has 3 rings (SSSR count). The third-order valence-electron chi connectivity index (χ3n) is 3.30. The summed E-state index contributed by atoms with van der Waals surface area (Å²) in [4.78, 5) is 16.1. The number of hydrogen-bond acceptors (Lipinski definition) is 3. The maximum atomic E-state index is 11.9. The predicted molar refractivity (Wildman–Crippen MR) is 84.6 cm³/mol. The first-order valence-corrected chi connectivity index (χ1v) is 6.83. The lowest BCUT2D eigenvalue weighted by atomic mass is 10.1. The predicted octanol–water partition coefficient (Wildman–Crippen LogP) is 3.37. The van der Waals surface area contributed by atoms with Crippen LogP contribution in [0.1, 0.15) is 21.6 Å². The molecule has 0 saturated carbocycles. The summed E-state index contributed by atoms with van der Waals surface area (Å²) < 4.78 is 4.85. The van der Waals surface area contributed by atoms with Crippen molar-refractivity contribution in [1.29, 1.82) is 0 Å². The number of methoxy groups -OCH3 is 1. The average Bonchev–Trinajstić information content (AvgIpc) is 2.74. The monoisotopic (exact) mass is 287 g/mol. The molecule has 0 N–H and O–H groups in total. The molecule has 106 valence electrons. The van der Waals surface area contributed by atoms with Gasteiger partial charge in [0.2, 0.25) is 0 Å². The van der Waals surface area contributed by atoms with E-state index in [4.69, 9.17) is 4.74 Å². The molecule has 1 aromatic rings. The molecule has 2 aliphatic carbocycles. The normalized spacial score (nSPS) is 9.86. The van der Waals surface area contributed by atoms with Crippen LogP contribution in [0.4, 0.5) is 0 Å². The maximum absolute atomic E-state index is 11.9. The van der Waals surface area contributed by atoms with Gasteiger partial charge in [0.1, 0.15) is 5.69 Å². The van der Waals surface area contributed by atoms with Gasteiger partial charge in [-0.15, -0.1) is 0 Å². The molecule has 0 bridgehead atoms. The molecule has 22 heavy (non-hydrogen) atoms. The first-order chi connectivity index (χ1) is 10.8. The number of rotatable bonds is 1. The van der Waals surface area contributed by atoms with E-state index in [-0.39, 0.29) is 5.97 Å². The Hall–Kier alpha value is -3.12. The van der Waals surface area contributed by atoms with Gasteiger partial charge in [-0.05, 0) is 35.2 Å².